The first-order valence-electron chi connectivity index (χ1n) is 11.5. The molecule has 0 unspecified atom stereocenters. The minimum absolute atomic E-state index is 0. The molecular weight excluding hydrogens is 475 g/mol. The number of nitrogens with zero attached hydrogens (tertiary/aromatic N) is 4. The van der Waals surface area contributed by atoms with Gasteiger partial charge in [-0.25, -0.2) is 0 Å². The van der Waals surface area contributed by atoms with Crippen molar-refractivity contribution in [2.75, 3.05) is 19.6 Å². The van der Waals surface area contributed by atoms with Crippen molar-refractivity contribution in [3.63, 3.8) is 0 Å². The van der Waals surface area contributed by atoms with Crippen LogP contribution < -0.4 is 10.6 Å². The zero-order valence-corrected chi connectivity index (χ0v) is 21.0. The first-order chi connectivity index (χ1) is 13.6. The summed E-state index contributed by atoms with van der Waals surface area (Å²) in [5.41, 5.74) is 0.454. The largest absolute Gasteiger partial charge is 0.357 e. The second-order valence-electron chi connectivity index (χ2n) is 9.17. The smallest absolute Gasteiger partial charge is 0.191 e. The molecule has 2 N–H and O–H groups in total. The van der Waals surface area contributed by atoms with Crippen molar-refractivity contribution < 1.29 is 0 Å². The third-order valence-electron chi connectivity index (χ3n) is 6.23. The molecule has 0 bridgehead atoms. The summed E-state index contributed by atoms with van der Waals surface area (Å²) in [6, 6.07) is 0. The zero-order chi connectivity index (χ0) is 19.8. The number of halogens is 1. The van der Waals surface area contributed by atoms with Gasteiger partial charge in [0.05, 0.1) is 0 Å². The van der Waals surface area contributed by atoms with Crippen LogP contribution >= 0.6 is 24.0 Å². The minimum Gasteiger partial charge on any atom is -0.357 e. The molecule has 166 valence electrons. The van der Waals surface area contributed by atoms with E-state index in [1.165, 1.54) is 50.8 Å². The Morgan fingerprint density at radius 1 is 1.14 bits per heavy atom. The summed E-state index contributed by atoms with van der Waals surface area (Å²) in [5.74, 6) is 4.07. The third-order valence-corrected chi connectivity index (χ3v) is 6.23. The van der Waals surface area contributed by atoms with Crippen LogP contribution in [-0.4, -0.2) is 40.4 Å². The summed E-state index contributed by atoms with van der Waals surface area (Å²) in [4.78, 5) is 4.94. The maximum Gasteiger partial charge on any atom is 0.191 e. The van der Waals surface area contributed by atoms with Crippen LogP contribution in [-0.2, 0) is 19.4 Å². The molecule has 6 nitrogen and oxygen atoms in total. The van der Waals surface area contributed by atoms with Gasteiger partial charge in [0.15, 0.2) is 5.96 Å². The van der Waals surface area contributed by atoms with Gasteiger partial charge in [0, 0.05) is 39.0 Å². The summed E-state index contributed by atoms with van der Waals surface area (Å²) in [6.45, 7) is 10.7. The molecule has 0 atom stereocenters. The highest BCUT2D eigenvalue weighted by Crippen LogP contribution is 2.46. The fraction of sp³-hybridized carbons (Fsp3) is 0.864. The molecule has 29 heavy (non-hydrogen) atoms. The molecule has 0 amide bonds. The van der Waals surface area contributed by atoms with E-state index in [0.29, 0.717) is 5.41 Å². The molecule has 0 saturated heterocycles. The second-order valence-corrected chi connectivity index (χ2v) is 9.17. The standard InChI is InChI=1S/C22H40N6.HI/c1-4-23-21(25-17-22(12-9-13-22)16-18(2)3)24-14-8-11-20-27-26-19-10-6-5-7-15-28(19)20;/h18H,4-17H2,1-3H3,(H2,23,24,25);1H. The van der Waals surface area contributed by atoms with Gasteiger partial charge in [-0.15, -0.1) is 34.2 Å². The summed E-state index contributed by atoms with van der Waals surface area (Å²) in [7, 11) is 0. The number of nitrogens with one attached hydrogen (secondary N) is 2. The van der Waals surface area contributed by atoms with Gasteiger partial charge in [0.2, 0.25) is 0 Å². The predicted molar refractivity (Wildman–Crippen MR) is 131 cm³/mol. The summed E-state index contributed by atoms with van der Waals surface area (Å²) in [6.07, 6.45) is 12.3. The molecule has 3 rings (SSSR count). The first kappa shape index (κ1) is 24.4. The van der Waals surface area contributed by atoms with E-state index in [1.54, 1.807) is 0 Å². The van der Waals surface area contributed by atoms with E-state index < -0.39 is 0 Å². The quantitative estimate of drug-likeness (QED) is 0.222. The molecule has 1 aromatic rings. The zero-order valence-electron chi connectivity index (χ0n) is 18.7. The first-order valence-corrected chi connectivity index (χ1v) is 11.5. The topological polar surface area (TPSA) is 67.1 Å². The van der Waals surface area contributed by atoms with E-state index in [1.807, 2.05) is 0 Å². The molecule has 1 aromatic heterocycles. The van der Waals surface area contributed by atoms with E-state index in [2.05, 4.69) is 46.2 Å². The number of aliphatic imine (C=N–C) groups is 1. The molecule has 1 saturated carbocycles. The van der Waals surface area contributed by atoms with E-state index >= 15 is 0 Å². The number of aryl methyl sites for hydroxylation is 2. The van der Waals surface area contributed by atoms with E-state index in [9.17, 15) is 0 Å². The normalized spacial score (nSPS) is 18.4. The molecule has 0 spiro atoms. The van der Waals surface area contributed by atoms with Crippen molar-refractivity contribution in [3.8, 4) is 0 Å². The van der Waals surface area contributed by atoms with Crippen LogP contribution in [0.3, 0.4) is 0 Å². The Morgan fingerprint density at radius 3 is 2.66 bits per heavy atom. The molecule has 1 aliphatic heterocycles. The molecular formula is C22H41IN6. The number of guanidine groups is 1. The maximum atomic E-state index is 4.94. The van der Waals surface area contributed by atoms with Crippen molar-refractivity contribution in [2.45, 2.75) is 91.5 Å². The van der Waals surface area contributed by atoms with Crippen molar-refractivity contribution in [3.05, 3.63) is 11.6 Å². The highest BCUT2D eigenvalue weighted by atomic mass is 127. The van der Waals surface area contributed by atoms with Gasteiger partial charge in [-0.1, -0.05) is 26.7 Å². The second kappa shape index (κ2) is 12.1. The van der Waals surface area contributed by atoms with Crippen LogP contribution in [0.25, 0.3) is 0 Å². The lowest BCUT2D eigenvalue weighted by molar-refractivity contribution is 0.111. The Bertz CT molecular complexity index is 635. The summed E-state index contributed by atoms with van der Waals surface area (Å²) >= 11 is 0. The van der Waals surface area contributed by atoms with Crippen LogP contribution in [0, 0.1) is 11.3 Å². The van der Waals surface area contributed by atoms with E-state index in [4.69, 9.17) is 4.99 Å². The molecule has 1 aliphatic carbocycles. The van der Waals surface area contributed by atoms with Crippen LogP contribution in [0.4, 0.5) is 0 Å². The van der Waals surface area contributed by atoms with Gasteiger partial charge < -0.3 is 15.2 Å². The highest BCUT2D eigenvalue weighted by molar-refractivity contribution is 14.0. The fourth-order valence-corrected chi connectivity index (χ4v) is 4.74. The summed E-state index contributed by atoms with van der Waals surface area (Å²) in [5, 5.41) is 15.8. The average molecular weight is 517 g/mol. The Balaban J connectivity index is 0.00000300. The molecule has 0 radical (unpaired) electrons. The molecule has 7 heteroatoms. The number of hydrogen-bond donors (Lipinski definition) is 2. The fourth-order valence-electron chi connectivity index (χ4n) is 4.74. The summed E-state index contributed by atoms with van der Waals surface area (Å²) < 4.78 is 2.36. The van der Waals surface area contributed by atoms with Gasteiger partial charge in [0.25, 0.3) is 0 Å². The van der Waals surface area contributed by atoms with Gasteiger partial charge in [-0.05, 0) is 56.8 Å². The van der Waals surface area contributed by atoms with Gasteiger partial charge >= 0.3 is 0 Å². The number of fused-ring (bicyclic) bond motifs is 1. The van der Waals surface area contributed by atoms with Crippen LogP contribution in [0.5, 0.6) is 0 Å². The lowest BCUT2D eigenvalue weighted by Crippen LogP contribution is -2.40. The van der Waals surface area contributed by atoms with Crippen molar-refractivity contribution in [2.24, 2.45) is 16.3 Å². The number of rotatable bonds is 9. The minimum atomic E-state index is 0. The average Bonchev–Trinajstić information content (AvgIpc) is 2.86. The lowest BCUT2D eigenvalue weighted by Gasteiger charge is -2.42. The highest BCUT2D eigenvalue weighted by Gasteiger charge is 2.37. The number of aromatic nitrogens is 3. The van der Waals surface area contributed by atoms with Gasteiger partial charge in [0.1, 0.15) is 11.6 Å². The monoisotopic (exact) mass is 516 g/mol. The number of hydrogen-bond acceptors (Lipinski definition) is 3. The Kier molecular flexibility index (Phi) is 10.2. The van der Waals surface area contributed by atoms with E-state index in [0.717, 1.165) is 63.1 Å². The molecule has 0 aromatic carbocycles. The van der Waals surface area contributed by atoms with Crippen molar-refractivity contribution in [1.29, 1.82) is 0 Å². The third kappa shape index (κ3) is 7.10. The predicted octanol–water partition coefficient (Wildman–Crippen LogP) is 4.33. The Labute approximate surface area is 194 Å². The van der Waals surface area contributed by atoms with Crippen LogP contribution in [0.15, 0.2) is 4.99 Å². The lowest BCUT2D eigenvalue weighted by atomic mass is 9.64. The molecule has 2 heterocycles. The van der Waals surface area contributed by atoms with Crippen LogP contribution in [0.2, 0.25) is 0 Å². The molecule has 2 aliphatic rings. The van der Waals surface area contributed by atoms with Crippen molar-refractivity contribution in [1.82, 2.24) is 25.4 Å². The Morgan fingerprint density at radius 2 is 1.97 bits per heavy atom. The molecule has 1 fully saturated rings. The van der Waals surface area contributed by atoms with Crippen LogP contribution in [0.1, 0.15) is 83.8 Å². The van der Waals surface area contributed by atoms with Gasteiger partial charge in [-0.3, -0.25) is 4.99 Å². The van der Waals surface area contributed by atoms with Crippen molar-refractivity contribution >= 4 is 29.9 Å². The Hall–Kier alpha value is -0.860. The van der Waals surface area contributed by atoms with E-state index in [-0.39, 0.29) is 24.0 Å². The maximum absolute atomic E-state index is 4.94. The SMILES string of the molecule is CCNC(=NCC1(CC(C)C)CCC1)NCCCc1nnc2n1CCCCC2.I. The van der Waals surface area contributed by atoms with Gasteiger partial charge in [-0.2, -0.15) is 0 Å².